The molecule has 1 heterocycles. The third-order valence-corrected chi connectivity index (χ3v) is 1.93. The highest BCUT2D eigenvalue weighted by molar-refractivity contribution is 4.88. The molecule has 1 saturated heterocycles. The van der Waals surface area contributed by atoms with Crippen LogP contribution in [-0.2, 0) is 9.47 Å². The van der Waals surface area contributed by atoms with Crippen molar-refractivity contribution in [3.8, 4) is 0 Å². The fraction of sp³-hybridized carbons (Fsp3) is 0.800. The molecule has 1 fully saturated rings. The molecule has 0 amide bonds. The van der Waals surface area contributed by atoms with Crippen LogP contribution in [-0.4, -0.2) is 18.0 Å². The third kappa shape index (κ3) is 2.61. The van der Waals surface area contributed by atoms with Crippen molar-refractivity contribution in [3.63, 3.8) is 0 Å². The van der Waals surface area contributed by atoms with Gasteiger partial charge in [-0.25, -0.2) is 0 Å². The van der Waals surface area contributed by atoms with Crippen molar-refractivity contribution in [1.82, 2.24) is 0 Å². The van der Waals surface area contributed by atoms with Crippen molar-refractivity contribution in [2.24, 2.45) is 0 Å². The van der Waals surface area contributed by atoms with Gasteiger partial charge in [-0.3, -0.25) is 0 Å². The first kappa shape index (κ1) is 9.75. The van der Waals surface area contributed by atoms with E-state index in [1.54, 1.807) is 0 Å². The quantitative estimate of drug-likeness (QED) is 0.563. The standard InChI is InChI=1S/C10H18O2/c1-5-6-9-11-8(2)7-10(3,4)12-9/h5-6,8-9H,7H2,1-4H3. The predicted octanol–water partition coefficient (Wildman–Crippen LogP) is 2.49. The summed E-state index contributed by atoms with van der Waals surface area (Å²) in [6.07, 6.45) is 4.99. The Labute approximate surface area is 74.6 Å². The fourth-order valence-electron chi connectivity index (χ4n) is 1.60. The van der Waals surface area contributed by atoms with Crippen molar-refractivity contribution in [1.29, 1.82) is 0 Å². The number of ether oxygens (including phenoxy) is 2. The molecule has 0 saturated carbocycles. The normalized spacial score (nSPS) is 35.7. The van der Waals surface area contributed by atoms with Crippen LogP contribution in [0, 0.1) is 0 Å². The summed E-state index contributed by atoms with van der Waals surface area (Å²) in [4.78, 5) is 0. The highest BCUT2D eigenvalue weighted by atomic mass is 16.7. The number of rotatable bonds is 1. The predicted molar refractivity (Wildman–Crippen MR) is 48.9 cm³/mol. The number of allylic oxidation sites excluding steroid dienone is 1. The molecule has 70 valence electrons. The molecule has 2 heteroatoms. The van der Waals surface area contributed by atoms with E-state index >= 15 is 0 Å². The molecule has 0 bridgehead atoms. The molecule has 2 atom stereocenters. The molecule has 12 heavy (non-hydrogen) atoms. The Hall–Kier alpha value is -0.340. The summed E-state index contributed by atoms with van der Waals surface area (Å²) in [5.74, 6) is 0. The largest absolute Gasteiger partial charge is 0.346 e. The summed E-state index contributed by atoms with van der Waals surface area (Å²) in [6.45, 7) is 8.25. The second kappa shape index (κ2) is 3.58. The molecular formula is C10H18O2. The number of hydrogen-bond donors (Lipinski definition) is 0. The summed E-state index contributed by atoms with van der Waals surface area (Å²) in [5, 5.41) is 0. The molecule has 2 unspecified atom stereocenters. The topological polar surface area (TPSA) is 18.5 Å². The average molecular weight is 170 g/mol. The Bertz CT molecular complexity index is 173. The lowest BCUT2D eigenvalue weighted by Gasteiger charge is -2.38. The molecule has 0 radical (unpaired) electrons. The molecule has 0 N–H and O–H groups in total. The monoisotopic (exact) mass is 170 g/mol. The van der Waals surface area contributed by atoms with E-state index in [0.29, 0.717) is 0 Å². The summed E-state index contributed by atoms with van der Waals surface area (Å²) in [6, 6.07) is 0. The molecule has 0 aromatic rings. The van der Waals surface area contributed by atoms with Crippen molar-refractivity contribution >= 4 is 0 Å². The Morgan fingerprint density at radius 3 is 2.58 bits per heavy atom. The first-order chi connectivity index (χ1) is 5.53. The van der Waals surface area contributed by atoms with Crippen molar-refractivity contribution < 1.29 is 9.47 Å². The van der Waals surface area contributed by atoms with Crippen LogP contribution in [0.15, 0.2) is 12.2 Å². The Morgan fingerprint density at radius 1 is 1.42 bits per heavy atom. The van der Waals surface area contributed by atoms with Gasteiger partial charge in [-0.1, -0.05) is 6.08 Å². The molecule has 0 aromatic carbocycles. The second-order valence-corrected chi connectivity index (χ2v) is 3.92. The summed E-state index contributed by atoms with van der Waals surface area (Å²) in [7, 11) is 0. The zero-order valence-electron chi connectivity index (χ0n) is 8.33. The van der Waals surface area contributed by atoms with Crippen molar-refractivity contribution in [3.05, 3.63) is 12.2 Å². The van der Waals surface area contributed by atoms with Crippen molar-refractivity contribution in [2.75, 3.05) is 0 Å². The van der Waals surface area contributed by atoms with Gasteiger partial charge in [-0.2, -0.15) is 0 Å². The summed E-state index contributed by atoms with van der Waals surface area (Å²) < 4.78 is 11.2. The summed E-state index contributed by atoms with van der Waals surface area (Å²) in [5.41, 5.74) is -0.0537. The zero-order valence-corrected chi connectivity index (χ0v) is 8.33. The first-order valence-electron chi connectivity index (χ1n) is 4.49. The minimum atomic E-state index is -0.159. The maximum atomic E-state index is 5.68. The van der Waals surface area contributed by atoms with E-state index < -0.39 is 0 Å². The van der Waals surface area contributed by atoms with Gasteiger partial charge in [-0.15, -0.1) is 0 Å². The van der Waals surface area contributed by atoms with Crippen LogP contribution in [0.3, 0.4) is 0 Å². The van der Waals surface area contributed by atoms with E-state index in [2.05, 4.69) is 20.8 Å². The molecular weight excluding hydrogens is 152 g/mol. The molecule has 0 aliphatic carbocycles. The van der Waals surface area contributed by atoms with Crippen LogP contribution < -0.4 is 0 Å². The van der Waals surface area contributed by atoms with E-state index in [0.717, 1.165) is 6.42 Å². The minimum absolute atomic E-state index is 0.0537. The Morgan fingerprint density at radius 2 is 2.08 bits per heavy atom. The smallest absolute Gasteiger partial charge is 0.177 e. The molecule has 0 aromatic heterocycles. The molecule has 1 aliphatic heterocycles. The summed E-state index contributed by atoms with van der Waals surface area (Å²) >= 11 is 0. The zero-order chi connectivity index (χ0) is 9.19. The third-order valence-electron chi connectivity index (χ3n) is 1.93. The van der Waals surface area contributed by atoms with Gasteiger partial charge in [0.15, 0.2) is 6.29 Å². The minimum Gasteiger partial charge on any atom is -0.346 e. The van der Waals surface area contributed by atoms with Gasteiger partial charge >= 0.3 is 0 Å². The van der Waals surface area contributed by atoms with E-state index in [4.69, 9.17) is 9.47 Å². The van der Waals surface area contributed by atoms with E-state index in [-0.39, 0.29) is 18.0 Å². The highest BCUT2D eigenvalue weighted by Gasteiger charge is 2.31. The number of hydrogen-bond acceptors (Lipinski definition) is 2. The van der Waals surface area contributed by atoms with Crippen LogP contribution in [0.5, 0.6) is 0 Å². The lowest BCUT2D eigenvalue weighted by Crippen LogP contribution is -2.42. The lowest BCUT2D eigenvalue weighted by atomic mass is 10.00. The van der Waals surface area contributed by atoms with Crippen molar-refractivity contribution in [2.45, 2.75) is 52.1 Å². The van der Waals surface area contributed by atoms with Gasteiger partial charge in [-0.05, 0) is 33.8 Å². The maximum absolute atomic E-state index is 5.68. The van der Waals surface area contributed by atoms with Crippen LogP contribution in [0.4, 0.5) is 0 Å². The maximum Gasteiger partial charge on any atom is 0.177 e. The van der Waals surface area contributed by atoms with E-state index in [1.807, 2.05) is 19.1 Å². The second-order valence-electron chi connectivity index (χ2n) is 3.92. The molecule has 0 spiro atoms. The van der Waals surface area contributed by atoms with E-state index in [1.165, 1.54) is 0 Å². The average Bonchev–Trinajstić information content (AvgIpc) is 1.82. The highest BCUT2D eigenvalue weighted by Crippen LogP contribution is 2.27. The molecule has 1 aliphatic rings. The van der Waals surface area contributed by atoms with Gasteiger partial charge in [0.05, 0.1) is 11.7 Å². The fourth-order valence-corrected chi connectivity index (χ4v) is 1.60. The Kier molecular flexibility index (Phi) is 2.91. The van der Waals surface area contributed by atoms with Gasteiger partial charge in [0, 0.05) is 6.42 Å². The van der Waals surface area contributed by atoms with Crippen LogP contribution in [0.2, 0.25) is 0 Å². The van der Waals surface area contributed by atoms with Gasteiger partial charge in [0.25, 0.3) is 0 Å². The molecule has 2 nitrogen and oxygen atoms in total. The van der Waals surface area contributed by atoms with Gasteiger partial charge < -0.3 is 9.47 Å². The SMILES string of the molecule is CC=CC1OC(C)CC(C)(C)O1. The van der Waals surface area contributed by atoms with E-state index in [9.17, 15) is 0 Å². The first-order valence-corrected chi connectivity index (χ1v) is 4.49. The lowest BCUT2D eigenvalue weighted by molar-refractivity contribution is -0.246. The van der Waals surface area contributed by atoms with Crippen LogP contribution in [0.1, 0.15) is 34.1 Å². The van der Waals surface area contributed by atoms with Crippen LogP contribution >= 0.6 is 0 Å². The molecule has 1 rings (SSSR count). The Balaban J connectivity index is 2.57. The van der Waals surface area contributed by atoms with Crippen LogP contribution in [0.25, 0.3) is 0 Å². The van der Waals surface area contributed by atoms with Gasteiger partial charge in [0.2, 0.25) is 0 Å². The van der Waals surface area contributed by atoms with Gasteiger partial charge in [0.1, 0.15) is 0 Å².